The van der Waals surface area contributed by atoms with Crippen LogP contribution in [0.3, 0.4) is 0 Å². The van der Waals surface area contributed by atoms with Crippen molar-refractivity contribution < 1.29 is 4.79 Å². The highest BCUT2D eigenvalue weighted by atomic mass is 16.1. The summed E-state index contributed by atoms with van der Waals surface area (Å²) in [6.45, 7) is 9.03. The monoisotopic (exact) mass is 212 g/mol. The van der Waals surface area contributed by atoms with Crippen molar-refractivity contribution in [1.82, 2.24) is 4.90 Å². The number of unbranched alkanes of at least 4 members (excludes halogenated alkanes) is 2. The summed E-state index contributed by atoms with van der Waals surface area (Å²) in [6, 6.07) is 0.532. The number of hydrogen-bond donors (Lipinski definition) is 0. The van der Waals surface area contributed by atoms with Crippen molar-refractivity contribution in [2.75, 3.05) is 13.1 Å². The molecule has 0 aromatic rings. The average Bonchev–Trinajstić information content (AvgIpc) is 2.26. The first kappa shape index (κ1) is 14.6. The highest BCUT2D eigenvalue weighted by Gasteiger charge is 2.11. The molecule has 0 rings (SSSR count). The molecule has 1 unspecified atom stereocenters. The molecular formula is C13H26NO. The van der Waals surface area contributed by atoms with Crippen molar-refractivity contribution >= 4 is 6.29 Å². The highest BCUT2D eigenvalue weighted by Crippen LogP contribution is 2.09. The van der Waals surface area contributed by atoms with Gasteiger partial charge in [-0.3, -0.25) is 4.79 Å². The molecule has 0 aliphatic rings. The summed E-state index contributed by atoms with van der Waals surface area (Å²) in [5, 5.41) is 0. The Labute approximate surface area is 95.0 Å². The molecule has 0 bridgehead atoms. The van der Waals surface area contributed by atoms with Crippen LogP contribution < -0.4 is 0 Å². The fourth-order valence-corrected chi connectivity index (χ4v) is 1.73. The minimum absolute atomic E-state index is 0.532. The second-order valence-corrected chi connectivity index (χ2v) is 4.28. The van der Waals surface area contributed by atoms with Gasteiger partial charge in [-0.2, -0.15) is 0 Å². The van der Waals surface area contributed by atoms with Crippen molar-refractivity contribution in [3.05, 3.63) is 0 Å². The lowest BCUT2D eigenvalue weighted by Crippen LogP contribution is -2.34. The van der Waals surface area contributed by atoms with Gasteiger partial charge in [0.2, 0.25) is 0 Å². The number of hydrogen-bond acceptors (Lipinski definition) is 2. The molecule has 0 saturated heterocycles. The Morgan fingerprint density at radius 3 is 2.07 bits per heavy atom. The Morgan fingerprint density at radius 2 is 1.67 bits per heavy atom. The van der Waals surface area contributed by atoms with E-state index in [1.165, 1.54) is 38.8 Å². The Balaban J connectivity index is 3.89. The van der Waals surface area contributed by atoms with E-state index in [0.29, 0.717) is 12.5 Å². The SMILES string of the molecule is CCCCN(CCCC)C(C)CC[C]=O. The van der Waals surface area contributed by atoms with Crippen LogP contribution in [0.1, 0.15) is 59.3 Å². The lowest BCUT2D eigenvalue weighted by molar-refractivity contribution is 0.195. The maximum Gasteiger partial charge on any atom is 0.198 e. The van der Waals surface area contributed by atoms with E-state index < -0.39 is 0 Å². The van der Waals surface area contributed by atoms with Gasteiger partial charge < -0.3 is 4.90 Å². The molecule has 0 aliphatic heterocycles. The largest absolute Gasteiger partial charge is 0.301 e. The summed E-state index contributed by atoms with van der Waals surface area (Å²) in [7, 11) is 0. The summed E-state index contributed by atoms with van der Waals surface area (Å²) in [5.41, 5.74) is 0. The zero-order valence-corrected chi connectivity index (χ0v) is 10.6. The zero-order chi connectivity index (χ0) is 11.5. The van der Waals surface area contributed by atoms with E-state index in [9.17, 15) is 4.79 Å². The lowest BCUT2D eigenvalue weighted by Gasteiger charge is -2.28. The van der Waals surface area contributed by atoms with Gasteiger partial charge >= 0.3 is 0 Å². The molecular weight excluding hydrogens is 186 g/mol. The minimum Gasteiger partial charge on any atom is -0.301 e. The smallest absolute Gasteiger partial charge is 0.198 e. The molecule has 0 amide bonds. The minimum atomic E-state index is 0.532. The van der Waals surface area contributed by atoms with E-state index in [0.717, 1.165) is 6.42 Å². The van der Waals surface area contributed by atoms with Crippen LogP contribution in [-0.2, 0) is 4.79 Å². The third kappa shape index (κ3) is 7.55. The van der Waals surface area contributed by atoms with E-state index in [4.69, 9.17) is 0 Å². The third-order valence-electron chi connectivity index (χ3n) is 2.89. The summed E-state index contributed by atoms with van der Waals surface area (Å²) in [5.74, 6) is 0. The van der Waals surface area contributed by atoms with Crippen molar-refractivity contribution in [3.63, 3.8) is 0 Å². The van der Waals surface area contributed by atoms with Crippen molar-refractivity contribution in [1.29, 1.82) is 0 Å². The van der Waals surface area contributed by atoms with Crippen LogP contribution in [0.2, 0.25) is 0 Å². The standard InChI is InChI=1S/C13H26NO/c1-4-6-10-14(11-7-5-2)13(3)9-8-12-15/h13H,4-11H2,1-3H3. The molecule has 0 aromatic heterocycles. The fourth-order valence-electron chi connectivity index (χ4n) is 1.73. The molecule has 2 nitrogen and oxygen atoms in total. The van der Waals surface area contributed by atoms with Gasteiger partial charge in [-0.1, -0.05) is 26.7 Å². The molecule has 0 N–H and O–H groups in total. The first-order valence-corrected chi connectivity index (χ1v) is 6.35. The topological polar surface area (TPSA) is 20.3 Å². The van der Waals surface area contributed by atoms with Crippen LogP contribution >= 0.6 is 0 Å². The molecule has 0 saturated carbocycles. The zero-order valence-electron chi connectivity index (χ0n) is 10.6. The molecule has 0 heterocycles. The number of carbonyl (C=O) groups excluding carboxylic acids is 1. The molecule has 1 radical (unpaired) electrons. The first-order valence-electron chi connectivity index (χ1n) is 6.35. The van der Waals surface area contributed by atoms with Gasteiger partial charge in [0, 0.05) is 12.5 Å². The number of nitrogens with zero attached hydrogens (tertiary/aromatic N) is 1. The van der Waals surface area contributed by atoms with Crippen LogP contribution in [0.25, 0.3) is 0 Å². The molecule has 0 fully saturated rings. The van der Waals surface area contributed by atoms with E-state index in [1.54, 1.807) is 0 Å². The molecule has 89 valence electrons. The van der Waals surface area contributed by atoms with Crippen molar-refractivity contribution in [3.8, 4) is 0 Å². The Hall–Kier alpha value is -0.370. The summed E-state index contributed by atoms with van der Waals surface area (Å²) >= 11 is 0. The molecule has 0 spiro atoms. The second kappa shape index (κ2) is 10.2. The van der Waals surface area contributed by atoms with Crippen molar-refractivity contribution in [2.24, 2.45) is 0 Å². The van der Waals surface area contributed by atoms with Crippen LogP contribution in [0.4, 0.5) is 0 Å². The van der Waals surface area contributed by atoms with Gasteiger partial charge in [0.15, 0.2) is 6.29 Å². The van der Waals surface area contributed by atoms with Crippen LogP contribution in [-0.4, -0.2) is 30.3 Å². The van der Waals surface area contributed by atoms with Gasteiger partial charge in [0.25, 0.3) is 0 Å². The summed E-state index contributed by atoms with van der Waals surface area (Å²) in [6.07, 6.45) is 8.54. The molecule has 0 aromatic carbocycles. The maximum atomic E-state index is 10.2. The normalized spacial score (nSPS) is 13.1. The summed E-state index contributed by atoms with van der Waals surface area (Å²) < 4.78 is 0. The molecule has 1 atom stereocenters. The van der Waals surface area contributed by atoms with Gasteiger partial charge in [-0.15, -0.1) is 0 Å². The van der Waals surface area contributed by atoms with Crippen molar-refractivity contribution in [2.45, 2.75) is 65.3 Å². The Kier molecular flexibility index (Phi) is 9.91. The Morgan fingerprint density at radius 1 is 1.13 bits per heavy atom. The van der Waals surface area contributed by atoms with Crippen LogP contribution in [0.5, 0.6) is 0 Å². The maximum absolute atomic E-state index is 10.2. The van der Waals surface area contributed by atoms with Gasteiger partial charge in [0.1, 0.15) is 0 Å². The van der Waals surface area contributed by atoms with Crippen LogP contribution in [0.15, 0.2) is 0 Å². The summed E-state index contributed by atoms with van der Waals surface area (Å²) in [4.78, 5) is 12.7. The van der Waals surface area contributed by atoms with Gasteiger partial charge in [-0.05, 0) is 39.3 Å². The van der Waals surface area contributed by atoms with E-state index in [1.807, 2.05) is 6.29 Å². The van der Waals surface area contributed by atoms with E-state index in [2.05, 4.69) is 25.7 Å². The fraction of sp³-hybridized carbons (Fsp3) is 0.923. The highest BCUT2D eigenvalue weighted by molar-refractivity contribution is 5.50. The predicted octanol–water partition coefficient (Wildman–Crippen LogP) is 3.17. The molecule has 0 aliphatic carbocycles. The Bertz CT molecular complexity index is 139. The predicted molar refractivity (Wildman–Crippen MR) is 65.8 cm³/mol. The lowest BCUT2D eigenvalue weighted by atomic mass is 10.1. The first-order chi connectivity index (χ1) is 7.26. The quantitative estimate of drug-likeness (QED) is 0.554. The molecule has 15 heavy (non-hydrogen) atoms. The average molecular weight is 212 g/mol. The third-order valence-corrected chi connectivity index (χ3v) is 2.89. The number of rotatable bonds is 10. The van der Waals surface area contributed by atoms with E-state index >= 15 is 0 Å². The molecule has 2 heteroatoms. The second-order valence-electron chi connectivity index (χ2n) is 4.28. The van der Waals surface area contributed by atoms with Gasteiger partial charge in [0.05, 0.1) is 0 Å². The van der Waals surface area contributed by atoms with E-state index in [-0.39, 0.29) is 0 Å². The van der Waals surface area contributed by atoms with Crippen LogP contribution in [0, 0.1) is 0 Å². The van der Waals surface area contributed by atoms with Gasteiger partial charge in [-0.25, -0.2) is 0 Å².